The third-order valence-electron chi connectivity index (χ3n) is 2.25. The Morgan fingerprint density at radius 1 is 1.50 bits per heavy atom. The van der Waals surface area contributed by atoms with Crippen molar-refractivity contribution in [2.45, 2.75) is 19.8 Å². The summed E-state index contributed by atoms with van der Waals surface area (Å²) >= 11 is 0. The van der Waals surface area contributed by atoms with E-state index in [9.17, 15) is 4.79 Å². The van der Waals surface area contributed by atoms with Crippen molar-refractivity contribution in [2.24, 2.45) is 0 Å². The van der Waals surface area contributed by atoms with Crippen molar-refractivity contribution in [1.29, 1.82) is 0 Å². The Balaban J connectivity index is 2.94. The van der Waals surface area contributed by atoms with E-state index < -0.39 is 5.97 Å². The molecule has 0 aromatic heterocycles. The second-order valence-corrected chi connectivity index (χ2v) is 3.49. The Hall–Kier alpha value is -1.77. The quantitative estimate of drug-likeness (QED) is 0.776. The molecule has 0 saturated carbocycles. The highest BCUT2D eigenvalue weighted by atomic mass is 16.5. The molecular formula is C13H16O3. The van der Waals surface area contributed by atoms with Crippen LogP contribution < -0.4 is 4.74 Å². The molecule has 0 radical (unpaired) electrons. The van der Waals surface area contributed by atoms with E-state index in [4.69, 9.17) is 9.84 Å². The fourth-order valence-corrected chi connectivity index (χ4v) is 1.51. The SMILES string of the molecule is CCCc1ccc(C=CC(=O)O)cc1OC. The number of carboxylic acids is 1. The molecule has 0 amide bonds. The Morgan fingerprint density at radius 2 is 2.25 bits per heavy atom. The van der Waals surface area contributed by atoms with Crippen molar-refractivity contribution in [2.75, 3.05) is 7.11 Å². The normalized spacial score (nSPS) is 10.6. The Morgan fingerprint density at radius 3 is 2.81 bits per heavy atom. The maximum absolute atomic E-state index is 10.4. The highest BCUT2D eigenvalue weighted by Gasteiger charge is 2.02. The van der Waals surface area contributed by atoms with E-state index in [1.165, 1.54) is 0 Å². The number of benzene rings is 1. The molecule has 86 valence electrons. The molecule has 0 aliphatic rings. The molecule has 3 nitrogen and oxygen atoms in total. The van der Waals surface area contributed by atoms with Gasteiger partial charge in [-0.3, -0.25) is 0 Å². The van der Waals surface area contributed by atoms with Crippen molar-refractivity contribution in [3.63, 3.8) is 0 Å². The highest BCUT2D eigenvalue weighted by molar-refractivity contribution is 5.85. The molecule has 0 fully saturated rings. The summed E-state index contributed by atoms with van der Waals surface area (Å²) in [6, 6.07) is 5.72. The van der Waals surface area contributed by atoms with Gasteiger partial charge >= 0.3 is 5.97 Å². The summed E-state index contributed by atoms with van der Waals surface area (Å²) in [6.45, 7) is 2.11. The van der Waals surface area contributed by atoms with E-state index in [0.717, 1.165) is 35.8 Å². The zero-order chi connectivity index (χ0) is 12.0. The van der Waals surface area contributed by atoms with Gasteiger partial charge < -0.3 is 9.84 Å². The number of aliphatic carboxylic acids is 1. The zero-order valence-electron chi connectivity index (χ0n) is 9.56. The molecule has 0 unspecified atom stereocenters. The van der Waals surface area contributed by atoms with E-state index in [-0.39, 0.29) is 0 Å². The number of hydrogen-bond acceptors (Lipinski definition) is 2. The zero-order valence-corrected chi connectivity index (χ0v) is 9.56. The predicted octanol–water partition coefficient (Wildman–Crippen LogP) is 2.75. The molecule has 0 spiro atoms. The van der Waals surface area contributed by atoms with E-state index in [2.05, 4.69) is 6.92 Å². The maximum Gasteiger partial charge on any atom is 0.328 e. The van der Waals surface area contributed by atoms with Gasteiger partial charge in [0.25, 0.3) is 0 Å². The number of rotatable bonds is 5. The summed E-state index contributed by atoms with van der Waals surface area (Å²) in [5.41, 5.74) is 1.98. The summed E-state index contributed by atoms with van der Waals surface area (Å²) in [4.78, 5) is 10.4. The van der Waals surface area contributed by atoms with E-state index in [0.29, 0.717) is 0 Å². The summed E-state index contributed by atoms with van der Waals surface area (Å²) in [5.74, 6) is -0.133. The van der Waals surface area contributed by atoms with Crippen LogP contribution in [0.4, 0.5) is 0 Å². The fraction of sp³-hybridized carbons (Fsp3) is 0.308. The second-order valence-electron chi connectivity index (χ2n) is 3.49. The number of carboxylic acid groups (broad SMARTS) is 1. The van der Waals surface area contributed by atoms with Crippen LogP contribution in [0.15, 0.2) is 24.3 Å². The third-order valence-corrected chi connectivity index (χ3v) is 2.25. The molecule has 0 saturated heterocycles. The second kappa shape index (κ2) is 5.95. The van der Waals surface area contributed by atoms with Crippen molar-refractivity contribution in [1.82, 2.24) is 0 Å². The molecule has 0 aliphatic carbocycles. The lowest BCUT2D eigenvalue weighted by atomic mass is 10.1. The van der Waals surface area contributed by atoms with Gasteiger partial charge in [0, 0.05) is 6.08 Å². The predicted molar refractivity (Wildman–Crippen MR) is 63.7 cm³/mol. The van der Waals surface area contributed by atoms with Crippen LogP contribution >= 0.6 is 0 Å². The maximum atomic E-state index is 10.4. The minimum Gasteiger partial charge on any atom is -0.496 e. The molecular weight excluding hydrogens is 204 g/mol. The van der Waals surface area contributed by atoms with Crippen LogP contribution in [0, 0.1) is 0 Å². The van der Waals surface area contributed by atoms with Gasteiger partial charge in [-0.1, -0.05) is 25.5 Å². The number of methoxy groups -OCH3 is 1. The van der Waals surface area contributed by atoms with Gasteiger partial charge in [0.1, 0.15) is 5.75 Å². The van der Waals surface area contributed by atoms with Crippen LogP contribution in [0.25, 0.3) is 6.08 Å². The molecule has 1 N–H and O–H groups in total. The molecule has 1 rings (SSSR count). The first-order chi connectivity index (χ1) is 7.67. The standard InChI is InChI=1S/C13H16O3/c1-3-4-11-7-5-10(6-8-13(14)15)9-12(11)16-2/h5-9H,3-4H2,1-2H3,(H,14,15). The average Bonchev–Trinajstić information content (AvgIpc) is 2.28. The monoisotopic (exact) mass is 220 g/mol. The topological polar surface area (TPSA) is 46.5 Å². The smallest absolute Gasteiger partial charge is 0.328 e. The minimum absolute atomic E-state index is 0.814. The van der Waals surface area contributed by atoms with Crippen molar-refractivity contribution in [3.8, 4) is 5.75 Å². The van der Waals surface area contributed by atoms with Gasteiger partial charge in [0.05, 0.1) is 7.11 Å². The third kappa shape index (κ3) is 3.42. The molecule has 3 heteroatoms. The summed E-state index contributed by atoms with van der Waals surface area (Å²) in [7, 11) is 1.62. The summed E-state index contributed by atoms with van der Waals surface area (Å²) in [6.07, 6.45) is 4.70. The largest absolute Gasteiger partial charge is 0.496 e. The first-order valence-corrected chi connectivity index (χ1v) is 5.25. The fourth-order valence-electron chi connectivity index (χ4n) is 1.51. The van der Waals surface area contributed by atoms with E-state index in [1.54, 1.807) is 13.2 Å². The molecule has 16 heavy (non-hydrogen) atoms. The van der Waals surface area contributed by atoms with Crippen LogP contribution in [0.5, 0.6) is 5.75 Å². The molecule has 0 heterocycles. The number of ether oxygens (including phenoxy) is 1. The molecule has 1 aromatic carbocycles. The number of carbonyl (C=O) groups is 1. The minimum atomic E-state index is -0.948. The number of hydrogen-bond donors (Lipinski definition) is 1. The van der Waals surface area contributed by atoms with Crippen LogP contribution in [0.1, 0.15) is 24.5 Å². The highest BCUT2D eigenvalue weighted by Crippen LogP contribution is 2.22. The number of aryl methyl sites for hydroxylation is 1. The summed E-state index contributed by atoms with van der Waals surface area (Å²) < 4.78 is 5.26. The Labute approximate surface area is 95.4 Å². The van der Waals surface area contributed by atoms with Crippen LogP contribution in [-0.2, 0) is 11.2 Å². The first kappa shape index (κ1) is 12.3. The van der Waals surface area contributed by atoms with Gasteiger partial charge in [0.2, 0.25) is 0 Å². The van der Waals surface area contributed by atoms with Crippen molar-refractivity contribution in [3.05, 3.63) is 35.4 Å². The lowest BCUT2D eigenvalue weighted by Crippen LogP contribution is -1.92. The first-order valence-electron chi connectivity index (χ1n) is 5.25. The summed E-state index contributed by atoms with van der Waals surface area (Å²) in [5, 5.41) is 8.52. The van der Waals surface area contributed by atoms with Gasteiger partial charge in [0.15, 0.2) is 0 Å². The lowest BCUT2D eigenvalue weighted by molar-refractivity contribution is -0.131. The molecule has 0 aliphatic heterocycles. The van der Waals surface area contributed by atoms with E-state index in [1.807, 2.05) is 18.2 Å². The van der Waals surface area contributed by atoms with Crippen LogP contribution in [0.3, 0.4) is 0 Å². The van der Waals surface area contributed by atoms with Gasteiger partial charge in [-0.25, -0.2) is 4.79 Å². The van der Waals surface area contributed by atoms with E-state index >= 15 is 0 Å². The van der Waals surface area contributed by atoms with Gasteiger partial charge in [-0.15, -0.1) is 0 Å². The van der Waals surface area contributed by atoms with Crippen molar-refractivity contribution >= 4 is 12.0 Å². The van der Waals surface area contributed by atoms with Crippen molar-refractivity contribution < 1.29 is 14.6 Å². The Kier molecular flexibility index (Phi) is 4.58. The van der Waals surface area contributed by atoms with Crippen LogP contribution in [0.2, 0.25) is 0 Å². The van der Waals surface area contributed by atoms with Gasteiger partial charge in [-0.05, 0) is 29.7 Å². The van der Waals surface area contributed by atoms with Gasteiger partial charge in [-0.2, -0.15) is 0 Å². The molecule has 0 atom stereocenters. The average molecular weight is 220 g/mol. The van der Waals surface area contributed by atoms with Crippen LogP contribution in [-0.4, -0.2) is 18.2 Å². The molecule has 1 aromatic rings. The molecule has 0 bridgehead atoms. The Bertz CT molecular complexity index is 394. The lowest BCUT2D eigenvalue weighted by Gasteiger charge is -2.08.